The summed E-state index contributed by atoms with van der Waals surface area (Å²) in [6, 6.07) is 0. The van der Waals surface area contributed by atoms with E-state index in [0.29, 0.717) is 0 Å². The molecule has 0 nitrogen and oxygen atoms in total. The molecule has 1 aliphatic rings. The van der Waals surface area contributed by atoms with Gasteiger partial charge >= 0.3 is 5.51 Å². The van der Waals surface area contributed by atoms with Gasteiger partial charge in [0.1, 0.15) is 0 Å². The second kappa shape index (κ2) is 4.82. The summed E-state index contributed by atoms with van der Waals surface area (Å²) in [5.74, 6) is 0. The van der Waals surface area contributed by atoms with Gasteiger partial charge in [-0.2, -0.15) is 13.2 Å². The summed E-state index contributed by atoms with van der Waals surface area (Å²) in [5.41, 5.74) is -3.11. The van der Waals surface area contributed by atoms with Gasteiger partial charge in [-0.3, -0.25) is 0 Å². The van der Waals surface area contributed by atoms with E-state index in [9.17, 15) is 13.2 Å². The van der Waals surface area contributed by atoms with Crippen LogP contribution in [0.15, 0.2) is 23.1 Å². The van der Waals surface area contributed by atoms with Crippen LogP contribution in [-0.4, -0.2) is 10.9 Å². The lowest BCUT2D eigenvalue weighted by molar-refractivity contribution is -0.0326. The van der Waals surface area contributed by atoms with Gasteiger partial charge in [-0.1, -0.05) is 36.0 Å². The highest BCUT2D eigenvalue weighted by Crippen LogP contribution is 2.39. The Balaban J connectivity index is 2.62. The van der Waals surface area contributed by atoms with Gasteiger partial charge in [0, 0.05) is 0 Å². The fraction of sp³-hybridized carbons (Fsp3) is 0.500. The molecule has 0 saturated heterocycles. The molecule has 0 aromatic heterocycles. The van der Waals surface area contributed by atoms with Crippen molar-refractivity contribution in [2.24, 2.45) is 0 Å². The Morgan fingerprint density at radius 3 is 2.50 bits per heavy atom. The average molecular weight is 222 g/mol. The van der Waals surface area contributed by atoms with Gasteiger partial charge in [-0.15, -0.1) is 0 Å². The first-order valence-electron chi connectivity index (χ1n) is 4.55. The highest BCUT2D eigenvalue weighted by molar-refractivity contribution is 8.18. The van der Waals surface area contributed by atoms with Gasteiger partial charge in [0.2, 0.25) is 0 Å². The van der Waals surface area contributed by atoms with Crippen molar-refractivity contribution in [2.45, 2.75) is 31.7 Å². The minimum absolute atomic E-state index is 0.874. The molecule has 1 unspecified atom stereocenters. The third-order valence-corrected chi connectivity index (χ3v) is 3.34. The molecule has 0 fully saturated rings. The van der Waals surface area contributed by atoms with Gasteiger partial charge in [-0.05, 0) is 29.2 Å². The lowest BCUT2D eigenvalue weighted by atomic mass is 10.1. The van der Waals surface area contributed by atoms with Crippen molar-refractivity contribution >= 4 is 15.9 Å². The maximum atomic E-state index is 12.2. The molecule has 0 amide bonds. The van der Waals surface area contributed by atoms with E-state index in [1.807, 2.05) is 0 Å². The van der Waals surface area contributed by atoms with Crippen LogP contribution in [0.5, 0.6) is 0 Å². The first kappa shape index (κ1) is 11.6. The molecule has 0 saturated carbocycles. The fourth-order valence-corrected chi connectivity index (χ4v) is 2.17. The van der Waals surface area contributed by atoms with Crippen LogP contribution < -0.4 is 0 Å². The van der Waals surface area contributed by atoms with Crippen molar-refractivity contribution in [3.05, 3.63) is 23.1 Å². The largest absolute Gasteiger partial charge is 0.440 e. The van der Waals surface area contributed by atoms with Crippen molar-refractivity contribution < 1.29 is 13.2 Å². The second-order valence-electron chi connectivity index (χ2n) is 3.10. The molecule has 0 spiro atoms. The summed E-state index contributed by atoms with van der Waals surface area (Å²) in [6.45, 7) is 2.07. The van der Waals surface area contributed by atoms with E-state index in [-0.39, 0.29) is 0 Å². The second-order valence-corrected chi connectivity index (χ2v) is 4.85. The van der Waals surface area contributed by atoms with Crippen molar-refractivity contribution in [3.8, 4) is 0 Å². The van der Waals surface area contributed by atoms with Crippen LogP contribution in [0.3, 0.4) is 0 Å². The van der Waals surface area contributed by atoms with Crippen molar-refractivity contribution in [2.75, 3.05) is 0 Å². The molecule has 0 aliphatic carbocycles. The summed E-state index contributed by atoms with van der Waals surface area (Å²) >= 11 is 0. The first-order chi connectivity index (χ1) is 6.54. The Hall–Kier alpha value is -0.510. The van der Waals surface area contributed by atoms with Crippen LogP contribution in [0.2, 0.25) is 0 Å². The molecular weight excluding hydrogens is 209 g/mol. The van der Waals surface area contributed by atoms with E-state index in [1.54, 1.807) is 12.2 Å². The molecule has 0 aromatic carbocycles. The summed E-state index contributed by atoms with van der Waals surface area (Å²) in [4.78, 5) is 0. The molecule has 4 heteroatoms. The van der Waals surface area contributed by atoms with Crippen molar-refractivity contribution in [3.63, 3.8) is 0 Å². The third-order valence-electron chi connectivity index (χ3n) is 1.94. The highest BCUT2D eigenvalue weighted by atomic mass is 32.2. The Morgan fingerprint density at radius 1 is 1.36 bits per heavy atom. The molecular formula is C10H13F3S. The van der Waals surface area contributed by atoms with E-state index in [2.05, 4.69) is 6.92 Å². The topological polar surface area (TPSA) is 0 Å². The number of hydrogen-bond acceptors (Lipinski definition) is 0. The maximum Gasteiger partial charge on any atom is 0.440 e. The van der Waals surface area contributed by atoms with Crippen molar-refractivity contribution in [1.82, 2.24) is 0 Å². The van der Waals surface area contributed by atoms with Crippen LogP contribution in [0.1, 0.15) is 26.2 Å². The first-order valence-corrected chi connectivity index (χ1v) is 5.90. The zero-order valence-electron chi connectivity index (χ0n) is 7.97. The quantitative estimate of drug-likeness (QED) is 0.627. The molecule has 1 rings (SSSR count). The van der Waals surface area contributed by atoms with Gasteiger partial charge in [0.15, 0.2) is 0 Å². The lowest BCUT2D eigenvalue weighted by Gasteiger charge is -2.12. The molecule has 1 atom stereocenters. The zero-order valence-corrected chi connectivity index (χ0v) is 8.79. The Labute approximate surface area is 84.4 Å². The van der Waals surface area contributed by atoms with Crippen LogP contribution in [-0.2, 0) is 0 Å². The van der Waals surface area contributed by atoms with E-state index in [0.717, 1.165) is 24.8 Å². The predicted molar refractivity (Wildman–Crippen MR) is 56.5 cm³/mol. The number of hydrogen-bond donors (Lipinski definition) is 0. The molecule has 14 heavy (non-hydrogen) atoms. The Kier molecular flexibility index (Phi) is 3.98. The number of unbranched alkanes of at least 4 members (excludes halogenated alkanes) is 1. The third kappa shape index (κ3) is 3.33. The standard InChI is InChI=1S/C10H13F3S/c1-2-3-4-9-5-7-14(8-6-9)10(11,12)13/h5-8H,2-4H2,1H3. The number of alkyl halides is 3. The summed E-state index contributed by atoms with van der Waals surface area (Å²) in [5, 5.41) is 2.51. The zero-order chi connectivity index (χ0) is 10.6. The van der Waals surface area contributed by atoms with Crippen LogP contribution in [0.4, 0.5) is 13.2 Å². The summed E-state index contributed by atoms with van der Waals surface area (Å²) in [7, 11) is -1.67. The Bertz CT molecular complexity index is 284. The fourth-order valence-electron chi connectivity index (χ4n) is 1.12. The van der Waals surface area contributed by atoms with Gasteiger partial charge in [-0.25, -0.2) is 0 Å². The van der Waals surface area contributed by atoms with Gasteiger partial charge in [0.05, 0.1) is 0 Å². The van der Waals surface area contributed by atoms with Crippen LogP contribution in [0.25, 0.3) is 0 Å². The molecule has 0 radical (unpaired) electrons. The molecule has 0 aromatic rings. The monoisotopic (exact) mass is 222 g/mol. The van der Waals surface area contributed by atoms with Crippen molar-refractivity contribution in [1.29, 1.82) is 0 Å². The normalized spacial score (nSPS) is 21.7. The van der Waals surface area contributed by atoms with Gasteiger partial charge in [0.25, 0.3) is 0 Å². The SMILES string of the molecule is CCCCC1=CC=S(C(F)(F)F)C=C1. The highest BCUT2D eigenvalue weighted by Gasteiger charge is 2.30. The molecule has 1 heterocycles. The van der Waals surface area contributed by atoms with Crippen LogP contribution in [0, 0.1) is 0 Å². The number of rotatable bonds is 3. The molecule has 1 aliphatic heterocycles. The Morgan fingerprint density at radius 2 is 2.07 bits per heavy atom. The minimum atomic E-state index is -4.11. The summed E-state index contributed by atoms with van der Waals surface area (Å²) < 4.78 is 36.7. The molecule has 0 N–H and O–H groups in total. The average Bonchev–Trinajstić information content (AvgIpc) is 2.14. The van der Waals surface area contributed by atoms with E-state index in [4.69, 9.17) is 0 Å². The minimum Gasteiger partial charge on any atom is -0.160 e. The number of allylic oxidation sites excluding steroid dienone is 3. The molecule has 0 bridgehead atoms. The van der Waals surface area contributed by atoms with Crippen LogP contribution >= 0.6 is 10.5 Å². The smallest absolute Gasteiger partial charge is 0.160 e. The van der Waals surface area contributed by atoms with Gasteiger partial charge < -0.3 is 0 Å². The predicted octanol–water partition coefficient (Wildman–Crippen LogP) is 4.22. The lowest BCUT2D eigenvalue weighted by Crippen LogP contribution is -2.04. The van der Waals surface area contributed by atoms with E-state index in [1.165, 1.54) is 10.8 Å². The number of halogens is 3. The molecule has 80 valence electrons. The van der Waals surface area contributed by atoms with E-state index >= 15 is 0 Å². The van der Waals surface area contributed by atoms with E-state index < -0.39 is 16.0 Å². The maximum absolute atomic E-state index is 12.2. The summed E-state index contributed by atoms with van der Waals surface area (Å²) in [6.07, 6.45) is 6.18.